The molecule has 0 aliphatic rings. The van der Waals surface area contributed by atoms with Crippen LogP contribution in [0.15, 0.2) is 23.6 Å². The van der Waals surface area contributed by atoms with E-state index in [4.69, 9.17) is 10.8 Å². The van der Waals surface area contributed by atoms with Crippen LogP contribution in [0.3, 0.4) is 0 Å². The molecule has 0 aliphatic heterocycles. The number of rotatable bonds is 3. The zero-order valence-corrected chi connectivity index (χ0v) is 8.68. The van der Waals surface area contributed by atoms with Crippen molar-refractivity contribution in [2.45, 2.75) is 11.7 Å². The number of hydrogen-bond acceptors (Lipinski definition) is 3. The maximum atomic E-state index is 12.4. The predicted molar refractivity (Wildman–Crippen MR) is 54.0 cm³/mol. The van der Waals surface area contributed by atoms with Gasteiger partial charge in [-0.25, -0.2) is 4.79 Å². The van der Waals surface area contributed by atoms with E-state index in [9.17, 15) is 18.0 Å². The van der Waals surface area contributed by atoms with Gasteiger partial charge >= 0.3 is 12.1 Å². The van der Waals surface area contributed by atoms with Crippen LogP contribution in [-0.4, -0.2) is 22.8 Å². The Morgan fingerprint density at radius 1 is 1.50 bits per heavy atom. The first-order valence-electron chi connectivity index (χ1n) is 4.09. The number of hydrogen-bond donors (Lipinski definition) is 2. The van der Waals surface area contributed by atoms with Crippen molar-refractivity contribution in [2.24, 2.45) is 5.73 Å². The van der Waals surface area contributed by atoms with Crippen molar-refractivity contribution < 1.29 is 23.1 Å². The van der Waals surface area contributed by atoms with Crippen molar-refractivity contribution in [1.29, 1.82) is 0 Å². The lowest BCUT2D eigenvalue weighted by Gasteiger charge is -2.23. The maximum Gasteiger partial charge on any atom is 0.420 e. The van der Waals surface area contributed by atoms with Gasteiger partial charge in [-0.3, -0.25) is 0 Å². The minimum absolute atomic E-state index is 0.446. The van der Waals surface area contributed by atoms with Gasteiger partial charge in [0.2, 0.25) is 5.54 Å². The summed E-state index contributed by atoms with van der Waals surface area (Å²) < 4.78 is 37.3. The number of halogens is 3. The van der Waals surface area contributed by atoms with Gasteiger partial charge in [-0.05, 0) is 23.6 Å². The van der Waals surface area contributed by atoms with Gasteiger partial charge in [0.25, 0.3) is 0 Å². The third-order valence-electron chi connectivity index (χ3n) is 1.88. The molecule has 1 aromatic heterocycles. The Kier molecular flexibility index (Phi) is 3.39. The number of carboxylic acids is 1. The number of carboxylic acid groups (broad SMARTS) is 1. The van der Waals surface area contributed by atoms with E-state index < -0.39 is 17.7 Å². The first-order valence-corrected chi connectivity index (χ1v) is 4.97. The van der Waals surface area contributed by atoms with E-state index in [1.807, 2.05) is 0 Å². The van der Waals surface area contributed by atoms with Crippen LogP contribution in [0.4, 0.5) is 13.2 Å². The fraction of sp³-hybridized carbons (Fsp3) is 0.222. The van der Waals surface area contributed by atoms with Crippen LogP contribution in [0.25, 0.3) is 6.08 Å². The van der Waals surface area contributed by atoms with E-state index in [-0.39, 0.29) is 0 Å². The standard InChI is InChI=1S/C9H8F3NO2S/c10-9(11,12)8(13,7(14)15)4-3-6-2-1-5-16-6/h1-5H,13H2,(H,14,15)/b4-3+. The molecular weight excluding hydrogens is 243 g/mol. The Bertz CT molecular complexity index is 399. The molecule has 3 N–H and O–H groups in total. The quantitative estimate of drug-likeness (QED) is 0.864. The van der Waals surface area contributed by atoms with Gasteiger partial charge in [0.1, 0.15) is 0 Å². The molecule has 1 atom stereocenters. The molecule has 0 saturated heterocycles. The predicted octanol–water partition coefficient (Wildman–Crippen LogP) is 2.11. The van der Waals surface area contributed by atoms with E-state index in [1.54, 1.807) is 17.5 Å². The Morgan fingerprint density at radius 2 is 2.12 bits per heavy atom. The Morgan fingerprint density at radius 3 is 2.50 bits per heavy atom. The largest absolute Gasteiger partial charge is 0.479 e. The zero-order valence-electron chi connectivity index (χ0n) is 7.86. The molecule has 16 heavy (non-hydrogen) atoms. The first kappa shape index (κ1) is 12.7. The monoisotopic (exact) mass is 251 g/mol. The molecule has 1 unspecified atom stereocenters. The molecule has 0 fully saturated rings. The Balaban J connectivity index is 3.02. The number of nitrogens with two attached hydrogens (primary N) is 1. The average Bonchev–Trinajstić information content (AvgIpc) is 2.64. The molecular formula is C9H8F3NO2S. The molecule has 0 spiro atoms. The van der Waals surface area contributed by atoms with Gasteiger partial charge < -0.3 is 10.8 Å². The van der Waals surface area contributed by atoms with Crippen LogP contribution >= 0.6 is 11.3 Å². The van der Waals surface area contributed by atoms with Crippen molar-refractivity contribution in [3.8, 4) is 0 Å². The van der Waals surface area contributed by atoms with Crippen molar-refractivity contribution in [3.05, 3.63) is 28.5 Å². The Hall–Kier alpha value is -1.34. The number of thiophene rings is 1. The van der Waals surface area contributed by atoms with Crippen molar-refractivity contribution in [3.63, 3.8) is 0 Å². The molecule has 0 bridgehead atoms. The molecule has 88 valence electrons. The summed E-state index contributed by atoms with van der Waals surface area (Å²) in [5.41, 5.74) is 1.48. The van der Waals surface area contributed by atoms with Crippen molar-refractivity contribution >= 4 is 23.4 Å². The third-order valence-corrected chi connectivity index (χ3v) is 2.71. The summed E-state index contributed by atoms with van der Waals surface area (Å²) in [4.78, 5) is 11.0. The second kappa shape index (κ2) is 4.26. The summed E-state index contributed by atoms with van der Waals surface area (Å²) >= 11 is 1.18. The van der Waals surface area contributed by atoms with Crippen LogP contribution in [0.2, 0.25) is 0 Å². The van der Waals surface area contributed by atoms with Gasteiger partial charge in [-0.1, -0.05) is 6.07 Å². The normalized spacial score (nSPS) is 16.2. The van der Waals surface area contributed by atoms with Crippen LogP contribution in [0, 0.1) is 0 Å². The van der Waals surface area contributed by atoms with E-state index >= 15 is 0 Å². The summed E-state index contributed by atoms with van der Waals surface area (Å²) in [6.07, 6.45) is -3.54. The molecule has 7 heteroatoms. The van der Waals surface area contributed by atoms with Crippen molar-refractivity contribution in [2.75, 3.05) is 0 Å². The molecule has 0 saturated carbocycles. The average molecular weight is 251 g/mol. The van der Waals surface area contributed by atoms with Crippen molar-refractivity contribution in [1.82, 2.24) is 0 Å². The third kappa shape index (κ3) is 2.42. The summed E-state index contributed by atoms with van der Waals surface area (Å²) in [6, 6.07) is 3.19. The molecule has 3 nitrogen and oxygen atoms in total. The maximum absolute atomic E-state index is 12.4. The Labute approximate surface area is 93.0 Å². The SMILES string of the molecule is NC(/C=C/c1cccs1)(C(=O)O)C(F)(F)F. The smallest absolute Gasteiger partial charge is 0.420 e. The van der Waals surface area contributed by atoms with Gasteiger partial charge in [0, 0.05) is 4.88 Å². The summed E-state index contributed by atoms with van der Waals surface area (Å²) in [6.45, 7) is 0. The van der Waals surface area contributed by atoms with E-state index in [1.165, 1.54) is 11.3 Å². The second-order valence-electron chi connectivity index (χ2n) is 3.02. The molecule has 0 aromatic carbocycles. The van der Waals surface area contributed by atoms with E-state index in [0.717, 1.165) is 6.08 Å². The van der Waals surface area contributed by atoms with Gasteiger partial charge in [0.05, 0.1) is 0 Å². The van der Waals surface area contributed by atoms with Gasteiger partial charge in [0.15, 0.2) is 0 Å². The van der Waals surface area contributed by atoms with E-state index in [0.29, 0.717) is 11.0 Å². The molecule has 1 rings (SSSR count). The second-order valence-corrected chi connectivity index (χ2v) is 4.00. The fourth-order valence-corrected chi connectivity index (χ4v) is 1.50. The minimum atomic E-state index is -5.04. The highest BCUT2D eigenvalue weighted by Crippen LogP contribution is 2.30. The van der Waals surface area contributed by atoms with Crippen LogP contribution in [-0.2, 0) is 4.79 Å². The molecule has 1 aromatic rings. The highest BCUT2D eigenvalue weighted by atomic mass is 32.1. The highest BCUT2D eigenvalue weighted by molar-refractivity contribution is 7.10. The number of carbonyl (C=O) groups is 1. The minimum Gasteiger partial charge on any atom is -0.479 e. The summed E-state index contributed by atoms with van der Waals surface area (Å²) in [5, 5.41) is 10.2. The number of aliphatic carboxylic acids is 1. The first-order chi connectivity index (χ1) is 7.27. The van der Waals surface area contributed by atoms with Crippen LogP contribution in [0.5, 0.6) is 0 Å². The summed E-state index contributed by atoms with van der Waals surface area (Å²) in [5.74, 6) is -2.13. The van der Waals surface area contributed by atoms with Gasteiger partial charge in [-0.15, -0.1) is 11.3 Å². The topological polar surface area (TPSA) is 63.3 Å². The molecule has 1 heterocycles. The lowest BCUT2D eigenvalue weighted by Crippen LogP contribution is -2.58. The highest BCUT2D eigenvalue weighted by Gasteiger charge is 2.56. The zero-order chi connectivity index (χ0) is 12.4. The number of alkyl halides is 3. The molecule has 0 aliphatic carbocycles. The lowest BCUT2D eigenvalue weighted by molar-refractivity contribution is -0.191. The van der Waals surface area contributed by atoms with Gasteiger partial charge in [-0.2, -0.15) is 13.2 Å². The van der Waals surface area contributed by atoms with E-state index in [2.05, 4.69) is 0 Å². The molecule has 0 amide bonds. The summed E-state index contributed by atoms with van der Waals surface area (Å²) in [7, 11) is 0. The van der Waals surface area contributed by atoms with Crippen LogP contribution < -0.4 is 5.73 Å². The fourth-order valence-electron chi connectivity index (χ4n) is 0.887. The molecule has 0 radical (unpaired) electrons. The van der Waals surface area contributed by atoms with Crippen LogP contribution in [0.1, 0.15) is 4.88 Å². The lowest BCUT2D eigenvalue weighted by atomic mass is 10.00.